The van der Waals surface area contributed by atoms with Crippen LogP contribution in [-0.4, -0.2) is 51.6 Å². The lowest BCUT2D eigenvalue weighted by atomic mass is 9.91. The van der Waals surface area contributed by atoms with E-state index in [-0.39, 0.29) is 30.5 Å². The van der Waals surface area contributed by atoms with Crippen LogP contribution in [0.15, 0.2) is 29.1 Å². The standard InChI is InChI=1S/C29H28ClN3O5/c1-3-29(38-23(34)7-10-32-8-5-4-6-9-32)19-13-22-25-18(12-17-11-16(2)20(30)14-21(17)31-25)15-33(22)28(37)24(19)26(35)27(29)36/h11-14H,3-10,15H2,1-2H3. The molecule has 9 heteroatoms. The van der Waals surface area contributed by atoms with Gasteiger partial charge in [-0.2, -0.15) is 0 Å². The fourth-order valence-corrected chi connectivity index (χ4v) is 6.18. The van der Waals surface area contributed by atoms with Crippen molar-refractivity contribution < 1.29 is 19.1 Å². The lowest BCUT2D eigenvalue weighted by molar-refractivity contribution is -0.167. The molecular formula is C29H28ClN3O5. The molecule has 8 nitrogen and oxygen atoms in total. The van der Waals surface area contributed by atoms with Crippen molar-refractivity contribution in [3.8, 4) is 11.4 Å². The first-order chi connectivity index (χ1) is 18.2. The van der Waals surface area contributed by atoms with Crippen LogP contribution in [0.1, 0.15) is 66.1 Å². The van der Waals surface area contributed by atoms with Crippen molar-refractivity contribution in [1.29, 1.82) is 0 Å². The molecule has 1 atom stereocenters. The zero-order chi connectivity index (χ0) is 26.8. The van der Waals surface area contributed by atoms with Gasteiger partial charge in [-0.05, 0) is 69.1 Å². The summed E-state index contributed by atoms with van der Waals surface area (Å²) in [6.07, 6.45) is 3.54. The number of fused-ring (bicyclic) bond motifs is 5. The Kier molecular flexibility index (Phi) is 6.00. The Labute approximate surface area is 224 Å². The third-order valence-corrected chi connectivity index (χ3v) is 8.55. The molecule has 1 saturated heterocycles. The number of hydrogen-bond acceptors (Lipinski definition) is 7. The smallest absolute Gasteiger partial charge is 0.308 e. The lowest BCUT2D eigenvalue weighted by Gasteiger charge is -2.29. The Hall–Kier alpha value is -3.36. The van der Waals surface area contributed by atoms with Crippen LogP contribution in [0.25, 0.3) is 22.3 Å². The molecule has 3 aliphatic rings. The van der Waals surface area contributed by atoms with E-state index in [1.54, 1.807) is 19.1 Å². The van der Waals surface area contributed by atoms with Crippen LogP contribution in [0.5, 0.6) is 0 Å². The van der Waals surface area contributed by atoms with Gasteiger partial charge in [-0.15, -0.1) is 0 Å². The number of halogens is 1. The number of Topliss-reactive ketones (excluding diaryl/α,β-unsaturated/α-hetero) is 2. The van der Waals surface area contributed by atoms with Crippen LogP contribution in [0.4, 0.5) is 0 Å². The lowest BCUT2D eigenvalue weighted by Crippen LogP contribution is -2.39. The van der Waals surface area contributed by atoms with Crippen LogP contribution < -0.4 is 5.56 Å². The Morgan fingerprint density at radius 3 is 2.61 bits per heavy atom. The molecule has 0 amide bonds. The summed E-state index contributed by atoms with van der Waals surface area (Å²) in [6.45, 7) is 6.24. The number of aryl methyl sites for hydroxylation is 1. The fraction of sp³-hybridized carbons (Fsp3) is 0.414. The summed E-state index contributed by atoms with van der Waals surface area (Å²) >= 11 is 6.33. The number of ether oxygens (including phenoxy) is 1. The molecule has 1 fully saturated rings. The number of esters is 1. The summed E-state index contributed by atoms with van der Waals surface area (Å²) in [7, 11) is 0. The minimum atomic E-state index is -1.81. The van der Waals surface area contributed by atoms with Gasteiger partial charge >= 0.3 is 5.97 Å². The predicted molar refractivity (Wildman–Crippen MR) is 143 cm³/mol. The van der Waals surface area contributed by atoms with E-state index < -0.39 is 28.7 Å². The van der Waals surface area contributed by atoms with Crippen molar-refractivity contribution in [2.75, 3.05) is 19.6 Å². The van der Waals surface area contributed by atoms with E-state index in [2.05, 4.69) is 4.90 Å². The number of aromatic nitrogens is 2. The molecule has 4 heterocycles. The van der Waals surface area contributed by atoms with Gasteiger partial charge in [-0.25, -0.2) is 4.98 Å². The Morgan fingerprint density at radius 2 is 1.87 bits per heavy atom. The van der Waals surface area contributed by atoms with Crippen molar-refractivity contribution in [2.24, 2.45) is 0 Å². The highest BCUT2D eigenvalue weighted by Gasteiger charge is 2.56. The Balaban J connectivity index is 1.41. The molecule has 0 radical (unpaired) electrons. The molecule has 0 saturated carbocycles. The summed E-state index contributed by atoms with van der Waals surface area (Å²) in [6, 6.07) is 7.35. The molecule has 2 aliphatic heterocycles. The number of likely N-dealkylation sites (tertiary alicyclic amines) is 1. The molecule has 0 spiro atoms. The van der Waals surface area contributed by atoms with Crippen LogP contribution in [-0.2, 0) is 26.5 Å². The first-order valence-corrected chi connectivity index (χ1v) is 13.5. The zero-order valence-corrected chi connectivity index (χ0v) is 22.2. The molecule has 1 unspecified atom stereocenters. The zero-order valence-electron chi connectivity index (χ0n) is 21.4. The number of carbonyl (C=O) groups excluding carboxylic acids is 3. The van der Waals surface area contributed by atoms with Crippen LogP contribution in [0, 0.1) is 6.92 Å². The van der Waals surface area contributed by atoms with E-state index in [9.17, 15) is 19.2 Å². The van der Waals surface area contributed by atoms with Gasteiger partial charge < -0.3 is 14.2 Å². The molecule has 0 bridgehead atoms. The van der Waals surface area contributed by atoms with Gasteiger partial charge in [0.15, 0.2) is 0 Å². The van der Waals surface area contributed by atoms with Crippen molar-refractivity contribution in [2.45, 2.75) is 58.1 Å². The van der Waals surface area contributed by atoms with Crippen molar-refractivity contribution in [3.05, 3.63) is 61.9 Å². The second-order valence-electron chi connectivity index (χ2n) is 10.5. The van der Waals surface area contributed by atoms with Crippen molar-refractivity contribution in [3.63, 3.8) is 0 Å². The van der Waals surface area contributed by atoms with Gasteiger partial charge in [-0.1, -0.05) is 24.9 Å². The van der Waals surface area contributed by atoms with Crippen molar-refractivity contribution in [1.82, 2.24) is 14.5 Å². The highest BCUT2D eigenvalue weighted by atomic mass is 35.5. The first kappa shape index (κ1) is 24.9. The number of benzene rings is 1. The average molecular weight is 534 g/mol. The first-order valence-electron chi connectivity index (χ1n) is 13.2. The van der Waals surface area contributed by atoms with E-state index in [0.717, 1.165) is 42.4 Å². The molecule has 0 N–H and O–H groups in total. The minimum absolute atomic E-state index is 0.0514. The Bertz CT molecular complexity index is 1600. The van der Waals surface area contributed by atoms with E-state index in [1.807, 2.05) is 19.1 Å². The number of rotatable bonds is 5. The molecular weight excluding hydrogens is 506 g/mol. The number of ketones is 2. The van der Waals surface area contributed by atoms with Gasteiger partial charge in [0.05, 0.1) is 35.4 Å². The van der Waals surface area contributed by atoms with Gasteiger partial charge in [0.1, 0.15) is 0 Å². The number of hydrogen-bond donors (Lipinski definition) is 0. The van der Waals surface area contributed by atoms with Gasteiger partial charge in [0, 0.05) is 28.1 Å². The topological polar surface area (TPSA) is 98.6 Å². The number of pyridine rings is 2. The third kappa shape index (κ3) is 3.73. The highest BCUT2D eigenvalue weighted by molar-refractivity contribution is 6.50. The molecule has 38 heavy (non-hydrogen) atoms. The maximum atomic E-state index is 13.6. The summed E-state index contributed by atoms with van der Waals surface area (Å²) in [5.74, 6) is -2.32. The number of piperidine rings is 1. The second kappa shape index (κ2) is 9.13. The summed E-state index contributed by atoms with van der Waals surface area (Å²) < 4.78 is 7.30. The summed E-state index contributed by atoms with van der Waals surface area (Å²) in [4.78, 5) is 60.0. The maximum absolute atomic E-state index is 13.6. The fourth-order valence-electron chi connectivity index (χ4n) is 6.03. The minimum Gasteiger partial charge on any atom is -0.445 e. The van der Waals surface area contributed by atoms with E-state index in [0.29, 0.717) is 28.5 Å². The van der Waals surface area contributed by atoms with E-state index >= 15 is 0 Å². The number of nitrogens with zero attached hydrogens (tertiary/aromatic N) is 3. The molecule has 1 aliphatic carbocycles. The average Bonchev–Trinajstić information content (AvgIpc) is 3.36. The quantitative estimate of drug-likeness (QED) is 0.280. The predicted octanol–water partition coefficient (Wildman–Crippen LogP) is 4.18. The van der Waals surface area contributed by atoms with Crippen molar-refractivity contribution >= 4 is 40.0 Å². The Morgan fingerprint density at radius 1 is 1.11 bits per heavy atom. The molecule has 3 aromatic rings. The molecule has 196 valence electrons. The monoisotopic (exact) mass is 533 g/mol. The second-order valence-corrected chi connectivity index (χ2v) is 10.9. The van der Waals surface area contributed by atoms with Gasteiger partial charge in [0.25, 0.3) is 11.3 Å². The third-order valence-electron chi connectivity index (χ3n) is 8.15. The van der Waals surface area contributed by atoms with Gasteiger partial charge in [0.2, 0.25) is 11.4 Å². The van der Waals surface area contributed by atoms with E-state index in [4.69, 9.17) is 21.3 Å². The normalized spacial score (nSPS) is 20.5. The largest absolute Gasteiger partial charge is 0.445 e. The van der Waals surface area contributed by atoms with Gasteiger partial charge in [-0.3, -0.25) is 19.2 Å². The number of carbonyl (C=O) groups is 3. The highest BCUT2D eigenvalue weighted by Crippen LogP contribution is 2.43. The molecule has 2 aromatic heterocycles. The molecule has 1 aromatic carbocycles. The summed E-state index contributed by atoms with van der Waals surface area (Å²) in [5.41, 5.74) is 1.10. The van der Waals surface area contributed by atoms with E-state index in [1.165, 1.54) is 11.0 Å². The van der Waals surface area contributed by atoms with Crippen LogP contribution in [0.3, 0.4) is 0 Å². The maximum Gasteiger partial charge on any atom is 0.308 e. The SMILES string of the molecule is CCC1(OC(=O)CCN2CCCCC2)C(=O)C(=O)c2c1cc1n(c2=O)Cc2cc3cc(C)c(Cl)cc3nc2-1. The summed E-state index contributed by atoms with van der Waals surface area (Å²) in [5, 5.41) is 1.49. The van der Waals surface area contributed by atoms with Crippen LogP contribution >= 0.6 is 11.6 Å². The molecule has 6 rings (SSSR count). The van der Waals surface area contributed by atoms with Crippen LogP contribution in [0.2, 0.25) is 5.02 Å².